The smallest absolute Gasteiger partial charge is 0.335 e. The summed E-state index contributed by atoms with van der Waals surface area (Å²) >= 11 is 5.73. The molecule has 2 N–H and O–H groups in total. The largest absolute Gasteiger partial charge is 0.478 e. The maximum Gasteiger partial charge on any atom is 0.335 e. The van der Waals surface area contributed by atoms with E-state index in [9.17, 15) is 9.18 Å². The van der Waals surface area contributed by atoms with E-state index in [1.807, 2.05) is 0 Å². The molecule has 2 aromatic rings. The van der Waals surface area contributed by atoms with Crippen molar-refractivity contribution >= 4 is 23.4 Å². The van der Waals surface area contributed by atoms with Crippen LogP contribution in [0.5, 0.6) is 0 Å². The lowest BCUT2D eigenvalue weighted by Crippen LogP contribution is -2.04. The SMILES string of the molecule is O=C(O)c1cc(Cl)nc(NCc2cccc(F)c2)c1. The van der Waals surface area contributed by atoms with Gasteiger partial charge in [0, 0.05) is 6.54 Å². The molecule has 6 heteroatoms. The molecule has 0 aliphatic carbocycles. The van der Waals surface area contributed by atoms with Gasteiger partial charge in [-0.05, 0) is 29.8 Å². The van der Waals surface area contributed by atoms with E-state index in [2.05, 4.69) is 10.3 Å². The van der Waals surface area contributed by atoms with E-state index in [0.29, 0.717) is 12.4 Å². The fourth-order valence-corrected chi connectivity index (χ4v) is 1.76. The number of carboxylic acids is 1. The van der Waals surface area contributed by atoms with Crippen molar-refractivity contribution in [2.24, 2.45) is 0 Å². The van der Waals surface area contributed by atoms with Crippen molar-refractivity contribution in [2.75, 3.05) is 5.32 Å². The molecule has 0 aliphatic heterocycles. The third-order valence-corrected chi connectivity index (χ3v) is 2.60. The molecule has 0 amide bonds. The standard InChI is InChI=1S/C13H10ClFN2O2/c14-11-5-9(13(18)19)6-12(17-11)16-7-8-2-1-3-10(15)4-8/h1-6H,7H2,(H,16,17)(H,18,19). The number of hydrogen-bond donors (Lipinski definition) is 2. The van der Waals surface area contributed by atoms with Gasteiger partial charge in [0.15, 0.2) is 0 Å². The second kappa shape index (κ2) is 5.67. The van der Waals surface area contributed by atoms with Crippen LogP contribution in [-0.4, -0.2) is 16.1 Å². The van der Waals surface area contributed by atoms with Crippen LogP contribution < -0.4 is 5.32 Å². The van der Waals surface area contributed by atoms with Crippen LogP contribution in [0.4, 0.5) is 10.2 Å². The first-order chi connectivity index (χ1) is 9.04. The number of pyridine rings is 1. The van der Waals surface area contributed by atoms with Crippen LogP contribution in [0.1, 0.15) is 15.9 Å². The number of nitrogens with one attached hydrogen (secondary N) is 1. The Labute approximate surface area is 113 Å². The third kappa shape index (κ3) is 3.66. The van der Waals surface area contributed by atoms with Crippen molar-refractivity contribution < 1.29 is 14.3 Å². The summed E-state index contributed by atoms with van der Waals surface area (Å²) < 4.78 is 13.0. The van der Waals surface area contributed by atoms with Gasteiger partial charge < -0.3 is 10.4 Å². The molecule has 0 radical (unpaired) electrons. The lowest BCUT2D eigenvalue weighted by molar-refractivity contribution is 0.0697. The Balaban J connectivity index is 2.13. The molecule has 0 bridgehead atoms. The van der Waals surface area contributed by atoms with Crippen molar-refractivity contribution in [3.8, 4) is 0 Å². The molecule has 0 atom stereocenters. The first-order valence-corrected chi connectivity index (χ1v) is 5.81. The summed E-state index contributed by atoms with van der Waals surface area (Å²) in [6.07, 6.45) is 0. The molecule has 0 spiro atoms. The molecule has 4 nitrogen and oxygen atoms in total. The first-order valence-electron chi connectivity index (χ1n) is 5.44. The molecule has 0 saturated heterocycles. The van der Waals surface area contributed by atoms with Gasteiger partial charge in [-0.3, -0.25) is 0 Å². The summed E-state index contributed by atoms with van der Waals surface area (Å²) in [5, 5.41) is 11.9. The summed E-state index contributed by atoms with van der Waals surface area (Å²) in [5.41, 5.74) is 0.764. The Morgan fingerprint density at radius 2 is 2.16 bits per heavy atom. The molecule has 1 aromatic heterocycles. The fourth-order valence-electron chi connectivity index (χ4n) is 1.55. The number of carbonyl (C=O) groups is 1. The van der Waals surface area contributed by atoms with Gasteiger partial charge in [0.25, 0.3) is 0 Å². The van der Waals surface area contributed by atoms with Crippen LogP contribution in [-0.2, 0) is 6.54 Å². The van der Waals surface area contributed by atoms with E-state index < -0.39 is 5.97 Å². The highest BCUT2D eigenvalue weighted by Gasteiger charge is 2.07. The minimum Gasteiger partial charge on any atom is -0.478 e. The number of benzene rings is 1. The molecule has 19 heavy (non-hydrogen) atoms. The normalized spacial score (nSPS) is 10.2. The second-order valence-corrected chi connectivity index (χ2v) is 4.24. The lowest BCUT2D eigenvalue weighted by Gasteiger charge is -2.07. The highest BCUT2D eigenvalue weighted by molar-refractivity contribution is 6.29. The minimum absolute atomic E-state index is 0.0433. The zero-order valence-corrected chi connectivity index (χ0v) is 10.5. The second-order valence-electron chi connectivity index (χ2n) is 3.85. The molecule has 0 unspecified atom stereocenters. The predicted molar refractivity (Wildman–Crippen MR) is 69.9 cm³/mol. The molecule has 0 fully saturated rings. The molecule has 2 rings (SSSR count). The number of nitrogens with zero attached hydrogens (tertiary/aromatic N) is 1. The van der Waals surface area contributed by atoms with Gasteiger partial charge in [-0.1, -0.05) is 23.7 Å². The summed E-state index contributed by atoms with van der Waals surface area (Å²) in [6.45, 7) is 0.324. The fraction of sp³-hybridized carbons (Fsp3) is 0.0769. The summed E-state index contributed by atoms with van der Waals surface area (Å²) in [7, 11) is 0. The summed E-state index contributed by atoms with van der Waals surface area (Å²) in [6, 6.07) is 8.71. The van der Waals surface area contributed by atoms with Crippen molar-refractivity contribution in [3.63, 3.8) is 0 Å². The molecular weight excluding hydrogens is 271 g/mol. The van der Waals surface area contributed by atoms with E-state index in [1.54, 1.807) is 12.1 Å². The van der Waals surface area contributed by atoms with Crippen molar-refractivity contribution in [2.45, 2.75) is 6.54 Å². The van der Waals surface area contributed by atoms with E-state index in [0.717, 1.165) is 5.56 Å². The highest BCUT2D eigenvalue weighted by atomic mass is 35.5. The maximum atomic E-state index is 13.0. The third-order valence-electron chi connectivity index (χ3n) is 2.40. The van der Waals surface area contributed by atoms with Crippen LogP contribution >= 0.6 is 11.6 Å². The number of rotatable bonds is 4. The Morgan fingerprint density at radius 3 is 2.84 bits per heavy atom. The van der Waals surface area contributed by atoms with Crippen molar-refractivity contribution in [1.29, 1.82) is 0 Å². The molecule has 1 heterocycles. The van der Waals surface area contributed by atoms with Gasteiger partial charge in [-0.15, -0.1) is 0 Å². The van der Waals surface area contributed by atoms with Gasteiger partial charge in [0.2, 0.25) is 0 Å². The highest BCUT2D eigenvalue weighted by Crippen LogP contribution is 2.15. The van der Waals surface area contributed by atoms with Gasteiger partial charge in [0.1, 0.15) is 16.8 Å². The Morgan fingerprint density at radius 1 is 1.37 bits per heavy atom. The summed E-state index contributed by atoms with van der Waals surface area (Å²) in [4.78, 5) is 14.8. The number of halogens is 2. The first kappa shape index (κ1) is 13.3. The van der Waals surface area contributed by atoms with Crippen molar-refractivity contribution in [1.82, 2.24) is 4.98 Å². The number of anilines is 1. The summed E-state index contributed by atoms with van der Waals surface area (Å²) in [5.74, 6) is -1.09. The van der Waals surface area contributed by atoms with Gasteiger partial charge in [0.05, 0.1) is 5.56 Å². The van der Waals surface area contributed by atoms with Crippen LogP contribution in [0, 0.1) is 5.82 Å². The van der Waals surface area contributed by atoms with E-state index >= 15 is 0 Å². The number of carboxylic acid groups (broad SMARTS) is 1. The molecule has 1 aromatic carbocycles. The monoisotopic (exact) mass is 280 g/mol. The van der Waals surface area contributed by atoms with E-state index in [-0.39, 0.29) is 16.5 Å². The molecule has 98 valence electrons. The van der Waals surface area contributed by atoms with Crippen molar-refractivity contribution in [3.05, 3.63) is 58.5 Å². The van der Waals surface area contributed by atoms with E-state index in [4.69, 9.17) is 16.7 Å². The topological polar surface area (TPSA) is 62.2 Å². The van der Waals surface area contributed by atoms with Crippen LogP contribution in [0.15, 0.2) is 36.4 Å². The van der Waals surface area contributed by atoms with E-state index in [1.165, 1.54) is 24.3 Å². The van der Waals surface area contributed by atoms with Gasteiger partial charge in [-0.25, -0.2) is 14.2 Å². The molecule has 0 saturated carbocycles. The van der Waals surface area contributed by atoms with Gasteiger partial charge in [-0.2, -0.15) is 0 Å². The lowest BCUT2D eigenvalue weighted by atomic mass is 10.2. The Bertz CT molecular complexity index is 619. The predicted octanol–water partition coefficient (Wildman–Crippen LogP) is 3.18. The van der Waals surface area contributed by atoms with Crippen LogP contribution in [0.3, 0.4) is 0 Å². The molecule has 0 aliphatic rings. The Hall–Kier alpha value is -2.14. The number of aromatic carboxylic acids is 1. The average Bonchev–Trinajstić information content (AvgIpc) is 2.36. The number of hydrogen-bond acceptors (Lipinski definition) is 3. The van der Waals surface area contributed by atoms with Crippen LogP contribution in [0.2, 0.25) is 5.15 Å². The van der Waals surface area contributed by atoms with Gasteiger partial charge >= 0.3 is 5.97 Å². The zero-order chi connectivity index (χ0) is 13.8. The van der Waals surface area contributed by atoms with Crippen LogP contribution in [0.25, 0.3) is 0 Å². The Kier molecular flexibility index (Phi) is 3.97. The average molecular weight is 281 g/mol. The maximum absolute atomic E-state index is 13.0. The molecular formula is C13H10ClFN2O2. The zero-order valence-electron chi connectivity index (χ0n) is 9.73. The minimum atomic E-state index is -1.09. The number of aromatic nitrogens is 1. The quantitative estimate of drug-likeness (QED) is 0.845.